The summed E-state index contributed by atoms with van der Waals surface area (Å²) in [6.45, 7) is 10.2. The maximum Gasteiger partial charge on any atom is 0.0372 e. The second kappa shape index (κ2) is 7.21. The molecule has 2 rings (SSSR count). The van der Waals surface area contributed by atoms with Crippen LogP contribution in [0, 0.1) is 24.7 Å². The molecular formula is C18H30N2. The summed E-state index contributed by atoms with van der Waals surface area (Å²) in [4.78, 5) is 4.50. The molecule has 1 aliphatic rings. The monoisotopic (exact) mass is 274 g/mol. The maximum atomic E-state index is 4.50. The molecule has 1 aliphatic carbocycles. The Bertz CT molecular complexity index is 388. The van der Waals surface area contributed by atoms with Crippen molar-refractivity contribution in [3.8, 4) is 0 Å². The molecule has 0 bridgehead atoms. The Morgan fingerprint density at radius 2 is 1.90 bits per heavy atom. The van der Waals surface area contributed by atoms with Crippen LogP contribution in [0.4, 0.5) is 0 Å². The molecular weight excluding hydrogens is 244 g/mol. The molecule has 1 fully saturated rings. The molecule has 2 nitrogen and oxygen atoms in total. The van der Waals surface area contributed by atoms with Crippen LogP contribution in [0.25, 0.3) is 0 Å². The Hall–Kier alpha value is -0.890. The highest BCUT2D eigenvalue weighted by Gasteiger charge is 2.30. The highest BCUT2D eigenvalue weighted by Crippen LogP contribution is 2.39. The Balaban J connectivity index is 2.15. The van der Waals surface area contributed by atoms with Crippen molar-refractivity contribution in [3.63, 3.8) is 0 Å². The van der Waals surface area contributed by atoms with Crippen molar-refractivity contribution in [1.82, 2.24) is 10.3 Å². The molecule has 3 atom stereocenters. The smallest absolute Gasteiger partial charge is 0.0372 e. The molecule has 20 heavy (non-hydrogen) atoms. The summed E-state index contributed by atoms with van der Waals surface area (Å²) in [5.41, 5.74) is 2.48. The zero-order valence-electron chi connectivity index (χ0n) is 13.5. The third-order valence-corrected chi connectivity index (χ3v) is 4.59. The van der Waals surface area contributed by atoms with E-state index in [4.69, 9.17) is 0 Å². The summed E-state index contributed by atoms with van der Waals surface area (Å²) in [6.07, 6.45) is 7.35. The number of aryl methyl sites for hydroxylation is 1. The predicted octanol–water partition coefficient (Wildman–Crippen LogP) is 4.50. The average molecular weight is 274 g/mol. The number of hydrogen-bond donors (Lipinski definition) is 1. The first-order valence-electron chi connectivity index (χ1n) is 8.26. The largest absolute Gasteiger partial charge is 0.310 e. The van der Waals surface area contributed by atoms with Gasteiger partial charge in [0.15, 0.2) is 0 Å². The van der Waals surface area contributed by atoms with E-state index < -0.39 is 0 Å². The van der Waals surface area contributed by atoms with Crippen LogP contribution in [0.15, 0.2) is 18.3 Å². The molecule has 0 amide bonds. The molecule has 0 saturated heterocycles. The van der Waals surface area contributed by atoms with Gasteiger partial charge in [-0.1, -0.05) is 26.8 Å². The van der Waals surface area contributed by atoms with E-state index in [0.717, 1.165) is 30.0 Å². The van der Waals surface area contributed by atoms with Crippen LogP contribution in [0.1, 0.15) is 63.8 Å². The van der Waals surface area contributed by atoms with Gasteiger partial charge in [0, 0.05) is 17.9 Å². The molecule has 1 heterocycles. The van der Waals surface area contributed by atoms with Crippen molar-refractivity contribution < 1.29 is 0 Å². The number of hydrogen-bond acceptors (Lipinski definition) is 2. The minimum Gasteiger partial charge on any atom is -0.310 e. The van der Waals surface area contributed by atoms with Crippen LogP contribution in [0.5, 0.6) is 0 Å². The molecule has 0 spiro atoms. The van der Waals surface area contributed by atoms with E-state index in [-0.39, 0.29) is 0 Å². The fraction of sp³-hybridized carbons (Fsp3) is 0.722. The summed E-state index contributed by atoms with van der Waals surface area (Å²) >= 11 is 0. The van der Waals surface area contributed by atoms with E-state index in [9.17, 15) is 0 Å². The molecule has 3 unspecified atom stereocenters. The Kier molecular flexibility index (Phi) is 5.59. The minimum absolute atomic E-state index is 0.480. The molecule has 2 heteroatoms. The van der Waals surface area contributed by atoms with E-state index in [2.05, 4.69) is 56.3 Å². The van der Waals surface area contributed by atoms with E-state index >= 15 is 0 Å². The normalized spacial score (nSPS) is 28.3. The van der Waals surface area contributed by atoms with E-state index in [0.29, 0.717) is 6.04 Å². The van der Waals surface area contributed by atoms with Gasteiger partial charge in [-0.05, 0) is 68.5 Å². The number of pyridine rings is 1. The highest BCUT2D eigenvalue weighted by atomic mass is 14.9. The summed E-state index contributed by atoms with van der Waals surface area (Å²) < 4.78 is 0. The number of nitrogens with zero attached hydrogens (tertiary/aromatic N) is 1. The lowest BCUT2D eigenvalue weighted by molar-refractivity contribution is 0.176. The van der Waals surface area contributed by atoms with Crippen molar-refractivity contribution in [3.05, 3.63) is 29.6 Å². The lowest BCUT2D eigenvalue weighted by Crippen LogP contribution is -2.33. The van der Waals surface area contributed by atoms with Gasteiger partial charge in [0.1, 0.15) is 0 Å². The third-order valence-electron chi connectivity index (χ3n) is 4.59. The van der Waals surface area contributed by atoms with E-state index in [1.54, 1.807) is 0 Å². The molecule has 1 saturated carbocycles. The van der Waals surface area contributed by atoms with Gasteiger partial charge in [0.25, 0.3) is 0 Å². The zero-order chi connectivity index (χ0) is 14.5. The second-order valence-electron chi connectivity index (χ2n) is 6.84. The SMILES string of the molecule is CCCNC(c1ccc(C)nc1)C1CC(C)CC(C)C1. The van der Waals surface area contributed by atoms with Gasteiger partial charge in [-0.25, -0.2) is 0 Å². The van der Waals surface area contributed by atoms with Crippen molar-refractivity contribution in [1.29, 1.82) is 0 Å². The summed E-state index contributed by atoms with van der Waals surface area (Å²) in [5.74, 6) is 2.46. The molecule has 112 valence electrons. The van der Waals surface area contributed by atoms with Gasteiger partial charge in [-0.2, -0.15) is 0 Å². The standard InChI is InChI=1S/C18H30N2/c1-5-8-19-18(16-7-6-15(4)20-12-16)17-10-13(2)9-14(3)11-17/h6-7,12-14,17-19H,5,8-11H2,1-4H3. The van der Waals surface area contributed by atoms with Crippen LogP contribution in [-0.4, -0.2) is 11.5 Å². The lowest BCUT2D eigenvalue weighted by Gasteiger charge is -2.37. The fourth-order valence-electron chi connectivity index (χ4n) is 3.80. The summed E-state index contributed by atoms with van der Waals surface area (Å²) in [5, 5.41) is 3.78. The molecule has 0 aromatic carbocycles. The van der Waals surface area contributed by atoms with Crippen molar-refractivity contribution in [2.24, 2.45) is 17.8 Å². The number of aromatic nitrogens is 1. The fourth-order valence-corrected chi connectivity index (χ4v) is 3.80. The van der Waals surface area contributed by atoms with Gasteiger partial charge in [0.05, 0.1) is 0 Å². The summed E-state index contributed by atoms with van der Waals surface area (Å²) in [6, 6.07) is 4.89. The van der Waals surface area contributed by atoms with Gasteiger partial charge < -0.3 is 5.32 Å². The third kappa shape index (κ3) is 4.05. The minimum atomic E-state index is 0.480. The number of rotatable bonds is 5. The Labute approximate surface area is 124 Å². The first-order chi connectivity index (χ1) is 9.60. The van der Waals surface area contributed by atoms with Gasteiger partial charge in [-0.15, -0.1) is 0 Å². The van der Waals surface area contributed by atoms with E-state index in [1.165, 1.54) is 31.2 Å². The van der Waals surface area contributed by atoms with Gasteiger partial charge in [-0.3, -0.25) is 4.98 Å². The first-order valence-corrected chi connectivity index (χ1v) is 8.26. The quantitative estimate of drug-likeness (QED) is 0.855. The van der Waals surface area contributed by atoms with Crippen molar-refractivity contribution >= 4 is 0 Å². The first kappa shape index (κ1) is 15.5. The molecule has 1 aromatic heterocycles. The van der Waals surface area contributed by atoms with Crippen molar-refractivity contribution in [2.45, 2.75) is 59.4 Å². The highest BCUT2D eigenvalue weighted by molar-refractivity contribution is 5.18. The Morgan fingerprint density at radius 1 is 1.20 bits per heavy atom. The lowest BCUT2D eigenvalue weighted by atomic mass is 9.72. The van der Waals surface area contributed by atoms with Crippen LogP contribution in [0.2, 0.25) is 0 Å². The summed E-state index contributed by atoms with van der Waals surface area (Å²) in [7, 11) is 0. The van der Waals surface area contributed by atoms with Crippen LogP contribution in [0.3, 0.4) is 0 Å². The van der Waals surface area contributed by atoms with Crippen molar-refractivity contribution in [2.75, 3.05) is 6.54 Å². The average Bonchev–Trinajstić information content (AvgIpc) is 2.40. The zero-order valence-corrected chi connectivity index (χ0v) is 13.5. The Morgan fingerprint density at radius 3 is 2.45 bits per heavy atom. The molecule has 0 aliphatic heterocycles. The number of nitrogens with one attached hydrogen (secondary N) is 1. The van der Waals surface area contributed by atoms with Gasteiger partial charge >= 0.3 is 0 Å². The molecule has 1 N–H and O–H groups in total. The molecule has 1 aromatic rings. The van der Waals surface area contributed by atoms with E-state index in [1.807, 2.05) is 0 Å². The predicted molar refractivity (Wildman–Crippen MR) is 85.7 cm³/mol. The van der Waals surface area contributed by atoms with Crippen LogP contribution in [-0.2, 0) is 0 Å². The second-order valence-corrected chi connectivity index (χ2v) is 6.84. The van der Waals surface area contributed by atoms with Gasteiger partial charge in [0.2, 0.25) is 0 Å². The van der Waals surface area contributed by atoms with Crippen LogP contribution < -0.4 is 5.32 Å². The molecule has 0 radical (unpaired) electrons. The van der Waals surface area contributed by atoms with Crippen LogP contribution >= 0.6 is 0 Å². The maximum absolute atomic E-state index is 4.50. The topological polar surface area (TPSA) is 24.9 Å².